The summed E-state index contributed by atoms with van der Waals surface area (Å²) in [4.78, 5) is 11.4. The third kappa shape index (κ3) is 6.36. The Morgan fingerprint density at radius 3 is 2.16 bits per heavy atom. The van der Waals surface area contributed by atoms with E-state index in [1.54, 1.807) is 36.4 Å². The second-order valence-corrected chi connectivity index (χ2v) is 7.27. The summed E-state index contributed by atoms with van der Waals surface area (Å²) in [6.07, 6.45) is -0.760. The molecule has 1 amide bonds. The van der Waals surface area contributed by atoms with Gasteiger partial charge in [0.05, 0.1) is 0 Å². The number of nitrogens with one attached hydrogen (secondary N) is 3. The van der Waals surface area contributed by atoms with Crippen LogP contribution in [-0.4, -0.2) is 22.0 Å². The van der Waals surface area contributed by atoms with Gasteiger partial charge in [0.15, 0.2) is 5.11 Å². The molecular weight excluding hydrogens is 401 g/mol. The fraction of sp³-hybridized carbons (Fsp3) is 0.176. The quantitative estimate of drug-likeness (QED) is 0.382. The first-order valence-corrected chi connectivity index (χ1v) is 9.00. The number of carbonyl (C=O) groups is 1. The molecule has 0 aliphatic carbocycles. The molecule has 0 aromatic heterocycles. The van der Waals surface area contributed by atoms with Gasteiger partial charge >= 0.3 is 0 Å². The number of aryl methyl sites for hydroxylation is 1. The van der Waals surface area contributed by atoms with Crippen LogP contribution < -0.4 is 16.0 Å². The van der Waals surface area contributed by atoms with Crippen molar-refractivity contribution in [3.63, 3.8) is 0 Å². The van der Waals surface area contributed by atoms with Crippen LogP contribution in [0.3, 0.4) is 0 Å². The SMILES string of the molecule is Cc1ccc(C(=O)N[C@H](NC(=S)Nc2ccc(Cl)cc2)C(Cl)Cl)cc1. The smallest absolute Gasteiger partial charge is 0.252 e. The van der Waals surface area contributed by atoms with E-state index in [4.69, 9.17) is 47.0 Å². The van der Waals surface area contributed by atoms with Crippen LogP contribution in [0.5, 0.6) is 0 Å². The monoisotopic (exact) mass is 415 g/mol. The molecule has 0 fully saturated rings. The van der Waals surface area contributed by atoms with Crippen molar-refractivity contribution in [3.8, 4) is 0 Å². The Hall–Kier alpha value is -1.53. The number of carbonyl (C=O) groups excluding carboxylic acids is 1. The van der Waals surface area contributed by atoms with Gasteiger partial charge in [0.1, 0.15) is 11.0 Å². The molecule has 2 aromatic rings. The molecule has 132 valence electrons. The minimum atomic E-state index is -0.903. The van der Waals surface area contributed by atoms with Crippen molar-refractivity contribution in [2.75, 3.05) is 5.32 Å². The normalized spacial score (nSPS) is 11.7. The molecule has 0 heterocycles. The summed E-state index contributed by atoms with van der Waals surface area (Å²) in [5.74, 6) is -0.307. The second kappa shape index (κ2) is 9.25. The first-order chi connectivity index (χ1) is 11.8. The Bertz CT molecular complexity index is 736. The van der Waals surface area contributed by atoms with E-state index >= 15 is 0 Å². The van der Waals surface area contributed by atoms with Gasteiger partial charge in [-0.25, -0.2) is 0 Å². The summed E-state index contributed by atoms with van der Waals surface area (Å²) < 4.78 is 0. The van der Waals surface area contributed by atoms with Crippen LogP contribution in [-0.2, 0) is 0 Å². The highest BCUT2D eigenvalue weighted by atomic mass is 35.5. The number of hydrogen-bond acceptors (Lipinski definition) is 2. The molecule has 25 heavy (non-hydrogen) atoms. The van der Waals surface area contributed by atoms with Crippen LogP contribution in [0, 0.1) is 6.92 Å². The highest BCUT2D eigenvalue weighted by Gasteiger charge is 2.21. The Balaban J connectivity index is 1.97. The predicted octanol–water partition coefficient (Wildman–Crippen LogP) is 4.49. The molecule has 2 rings (SSSR count). The van der Waals surface area contributed by atoms with Crippen LogP contribution in [0.25, 0.3) is 0 Å². The molecule has 0 radical (unpaired) electrons. The van der Waals surface area contributed by atoms with Gasteiger partial charge in [0.25, 0.3) is 5.91 Å². The van der Waals surface area contributed by atoms with E-state index in [1.165, 1.54) is 0 Å². The number of rotatable bonds is 5. The van der Waals surface area contributed by atoms with Crippen molar-refractivity contribution in [2.45, 2.75) is 17.9 Å². The van der Waals surface area contributed by atoms with Gasteiger partial charge in [-0.1, -0.05) is 29.3 Å². The average Bonchev–Trinajstić information content (AvgIpc) is 2.56. The second-order valence-electron chi connectivity index (χ2n) is 5.26. The lowest BCUT2D eigenvalue weighted by Gasteiger charge is -2.23. The van der Waals surface area contributed by atoms with E-state index in [0.717, 1.165) is 11.3 Å². The average molecular weight is 417 g/mol. The molecule has 0 aliphatic heterocycles. The molecule has 4 nitrogen and oxygen atoms in total. The van der Waals surface area contributed by atoms with E-state index in [1.807, 2.05) is 19.1 Å². The number of halogens is 3. The summed E-state index contributed by atoms with van der Waals surface area (Å²) in [5.41, 5.74) is 2.31. The van der Waals surface area contributed by atoms with E-state index in [0.29, 0.717) is 10.6 Å². The number of thiocarbonyl (C=S) groups is 1. The van der Waals surface area contributed by atoms with Crippen LogP contribution in [0.2, 0.25) is 5.02 Å². The number of amides is 1. The summed E-state index contributed by atoms with van der Waals surface area (Å²) in [7, 11) is 0. The molecule has 1 atom stereocenters. The molecule has 0 aliphatic rings. The van der Waals surface area contributed by atoms with Crippen molar-refractivity contribution < 1.29 is 4.79 Å². The summed E-state index contributed by atoms with van der Waals surface area (Å²) in [5, 5.41) is 9.45. The zero-order valence-corrected chi connectivity index (χ0v) is 16.3. The molecule has 0 bridgehead atoms. The first kappa shape index (κ1) is 19.8. The van der Waals surface area contributed by atoms with Gasteiger partial charge in [0, 0.05) is 16.3 Å². The van der Waals surface area contributed by atoms with Gasteiger partial charge in [-0.2, -0.15) is 0 Å². The van der Waals surface area contributed by atoms with Gasteiger partial charge < -0.3 is 16.0 Å². The van der Waals surface area contributed by atoms with Crippen molar-refractivity contribution in [2.24, 2.45) is 0 Å². The van der Waals surface area contributed by atoms with E-state index in [-0.39, 0.29) is 11.0 Å². The molecule has 3 N–H and O–H groups in total. The van der Waals surface area contributed by atoms with Crippen molar-refractivity contribution >= 4 is 63.7 Å². The minimum Gasteiger partial charge on any atom is -0.340 e. The number of benzene rings is 2. The molecule has 2 aromatic carbocycles. The van der Waals surface area contributed by atoms with Gasteiger partial charge in [-0.3, -0.25) is 4.79 Å². The summed E-state index contributed by atoms with van der Waals surface area (Å²) in [6.45, 7) is 1.94. The Morgan fingerprint density at radius 1 is 1.00 bits per heavy atom. The fourth-order valence-corrected chi connectivity index (χ4v) is 2.56. The molecule has 0 unspecified atom stereocenters. The first-order valence-electron chi connectivity index (χ1n) is 7.34. The Kier molecular flexibility index (Phi) is 7.32. The standard InChI is InChI=1S/C17H16Cl3N3OS/c1-10-2-4-11(5-3-10)16(24)22-15(14(19)20)23-17(25)21-13-8-6-12(18)7-9-13/h2-9,14-15H,1H3,(H,22,24)(H2,21,23,25)/t15-/m1/s1. The van der Waals surface area contributed by atoms with Crippen molar-refractivity contribution in [3.05, 3.63) is 64.7 Å². The summed E-state index contributed by atoms with van der Waals surface area (Å²) in [6, 6.07) is 14.2. The predicted molar refractivity (Wildman–Crippen MR) is 109 cm³/mol. The zero-order chi connectivity index (χ0) is 18.4. The van der Waals surface area contributed by atoms with E-state index in [2.05, 4.69) is 16.0 Å². The van der Waals surface area contributed by atoms with Crippen LogP contribution in [0.15, 0.2) is 48.5 Å². The van der Waals surface area contributed by atoms with Crippen molar-refractivity contribution in [1.82, 2.24) is 10.6 Å². The largest absolute Gasteiger partial charge is 0.340 e. The van der Waals surface area contributed by atoms with Gasteiger partial charge in [-0.05, 0) is 55.5 Å². The third-order valence-corrected chi connectivity index (χ3v) is 4.22. The molecule has 0 spiro atoms. The lowest BCUT2D eigenvalue weighted by molar-refractivity contribution is 0.0936. The number of anilines is 1. The number of hydrogen-bond donors (Lipinski definition) is 3. The molecule has 8 heteroatoms. The van der Waals surface area contributed by atoms with Crippen molar-refractivity contribution in [1.29, 1.82) is 0 Å². The summed E-state index contributed by atoms with van der Waals surface area (Å²) >= 11 is 23.0. The lowest BCUT2D eigenvalue weighted by Crippen LogP contribution is -2.52. The van der Waals surface area contributed by atoms with Crippen LogP contribution >= 0.6 is 47.0 Å². The van der Waals surface area contributed by atoms with Gasteiger partial charge in [0.2, 0.25) is 0 Å². The highest BCUT2D eigenvalue weighted by molar-refractivity contribution is 7.80. The van der Waals surface area contributed by atoms with E-state index in [9.17, 15) is 4.79 Å². The molecule has 0 saturated carbocycles. The lowest BCUT2D eigenvalue weighted by atomic mass is 10.1. The Labute approximate surface area is 166 Å². The fourth-order valence-electron chi connectivity index (χ4n) is 1.93. The maximum atomic E-state index is 12.3. The Morgan fingerprint density at radius 2 is 1.60 bits per heavy atom. The zero-order valence-electron chi connectivity index (χ0n) is 13.2. The third-order valence-electron chi connectivity index (χ3n) is 3.24. The molecular formula is C17H16Cl3N3OS. The minimum absolute atomic E-state index is 0.267. The molecule has 0 saturated heterocycles. The van der Waals surface area contributed by atoms with Crippen LogP contribution in [0.4, 0.5) is 5.69 Å². The van der Waals surface area contributed by atoms with E-state index < -0.39 is 11.0 Å². The highest BCUT2D eigenvalue weighted by Crippen LogP contribution is 2.14. The maximum absolute atomic E-state index is 12.3. The number of alkyl halides is 2. The van der Waals surface area contributed by atoms with Crippen LogP contribution in [0.1, 0.15) is 15.9 Å². The van der Waals surface area contributed by atoms with Gasteiger partial charge in [-0.15, -0.1) is 23.2 Å². The maximum Gasteiger partial charge on any atom is 0.252 e. The topological polar surface area (TPSA) is 53.2 Å².